The third-order valence-corrected chi connectivity index (χ3v) is 7.01. The molecular formula is C27H49NO6. The molecule has 0 aliphatic heterocycles. The Morgan fingerprint density at radius 3 is 1.59 bits per heavy atom. The molecule has 0 aromatic rings. The van der Waals surface area contributed by atoms with Crippen molar-refractivity contribution >= 4 is 17.9 Å². The Hall–Kier alpha value is -1.89. The first-order chi connectivity index (χ1) is 16.0. The number of allylic oxidation sites excluding steroid dienone is 2. The van der Waals surface area contributed by atoms with E-state index in [0.29, 0.717) is 43.4 Å². The van der Waals surface area contributed by atoms with Gasteiger partial charge in [0.1, 0.15) is 0 Å². The largest absolute Gasteiger partial charge is 0.550 e. The number of carboxylic acids is 3. The third kappa shape index (κ3) is 15.1. The maximum Gasteiger partial charge on any atom is 0.306 e. The first kappa shape index (κ1) is 32.1. The van der Waals surface area contributed by atoms with Crippen molar-refractivity contribution in [2.75, 3.05) is 26.2 Å². The molecular weight excluding hydrogens is 434 g/mol. The summed E-state index contributed by atoms with van der Waals surface area (Å²) in [7, 11) is 0. The molecule has 0 aliphatic carbocycles. The van der Waals surface area contributed by atoms with Gasteiger partial charge in [0.2, 0.25) is 0 Å². The van der Waals surface area contributed by atoms with Gasteiger partial charge in [-0.25, -0.2) is 0 Å². The minimum atomic E-state index is -1.08. The molecule has 2 N–H and O–H groups in total. The first-order valence-electron chi connectivity index (χ1n) is 13.2. The second kappa shape index (κ2) is 18.4. The third-order valence-electron chi connectivity index (χ3n) is 7.01. The molecule has 0 fully saturated rings. The monoisotopic (exact) mass is 483 g/mol. The highest BCUT2D eigenvalue weighted by Gasteiger charge is 2.30. The van der Waals surface area contributed by atoms with Crippen molar-refractivity contribution in [2.45, 2.75) is 98.3 Å². The molecule has 7 heteroatoms. The minimum Gasteiger partial charge on any atom is -0.550 e. The van der Waals surface area contributed by atoms with E-state index in [1.807, 2.05) is 0 Å². The van der Waals surface area contributed by atoms with Crippen LogP contribution >= 0.6 is 0 Å². The van der Waals surface area contributed by atoms with Gasteiger partial charge in [0, 0.05) is 31.1 Å². The van der Waals surface area contributed by atoms with Crippen molar-refractivity contribution in [1.82, 2.24) is 0 Å². The number of carbonyl (C=O) groups is 3. The highest BCUT2D eigenvalue weighted by atomic mass is 16.4. The smallest absolute Gasteiger partial charge is 0.306 e. The fraction of sp³-hybridized carbons (Fsp3) is 0.815. The van der Waals surface area contributed by atoms with E-state index >= 15 is 0 Å². The van der Waals surface area contributed by atoms with Crippen LogP contribution in [0.15, 0.2) is 12.2 Å². The van der Waals surface area contributed by atoms with Gasteiger partial charge in [-0.3, -0.25) is 9.59 Å². The lowest BCUT2D eigenvalue weighted by Gasteiger charge is -2.41. The van der Waals surface area contributed by atoms with Crippen LogP contribution in [-0.4, -0.2) is 58.8 Å². The summed E-state index contributed by atoms with van der Waals surface area (Å²) in [5.41, 5.74) is 0. The minimum absolute atomic E-state index is 0.441. The molecule has 0 spiro atoms. The van der Waals surface area contributed by atoms with E-state index < -0.39 is 35.7 Å². The molecule has 34 heavy (non-hydrogen) atoms. The fourth-order valence-corrected chi connectivity index (χ4v) is 4.14. The summed E-state index contributed by atoms with van der Waals surface area (Å²) < 4.78 is 0.578. The van der Waals surface area contributed by atoms with Gasteiger partial charge in [-0.1, -0.05) is 59.1 Å². The van der Waals surface area contributed by atoms with Crippen LogP contribution in [0.1, 0.15) is 98.3 Å². The zero-order valence-corrected chi connectivity index (χ0v) is 22.0. The van der Waals surface area contributed by atoms with Crippen LogP contribution in [0.25, 0.3) is 0 Å². The summed E-state index contributed by atoms with van der Waals surface area (Å²) in [6.07, 6.45) is 14.9. The molecule has 0 radical (unpaired) electrons. The molecule has 7 nitrogen and oxygen atoms in total. The second-order valence-electron chi connectivity index (χ2n) is 10.1. The Balaban J connectivity index is 5.08. The van der Waals surface area contributed by atoms with Gasteiger partial charge < -0.3 is 24.6 Å². The van der Waals surface area contributed by atoms with Crippen LogP contribution < -0.4 is 5.11 Å². The number of aliphatic carboxylic acids is 3. The van der Waals surface area contributed by atoms with Crippen LogP contribution in [0.3, 0.4) is 0 Å². The number of hydrogen-bond donors (Lipinski definition) is 2. The van der Waals surface area contributed by atoms with Gasteiger partial charge in [-0.2, -0.15) is 0 Å². The normalized spacial score (nSPS) is 16.1. The van der Waals surface area contributed by atoms with E-state index in [2.05, 4.69) is 19.1 Å². The van der Waals surface area contributed by atoms with Gasteiger partial charge in [0.25, 0.3) is 0 Å². The molecule has 0 heterocycles. The predicted octanol–water partition coefficient (Wildman–Crippen LogP) is 4.50. The molecule has 0 saturated heterocycles. The van der Waals surface area contributed by atoms with Gasteiger partial charge >= 0.3 is 11.9 Å². The average molecular weight is 484 g/mol. The maximum absolute atomic E-state index is 11.4. The Labute approximate surface area is 206 Å². The molecule has 0 aliphatic rings. The lowest BCUT2D eigenvalue weighted by molar-refractivity contribution is -0.929. The average Bonchev–Trinajstić information content (AvgIpc) is 2.79. The number of rotatable bonds is 22. The van der Waals surface area contributed by atoms with Gasteiger partial charge in [-0.05, 0) is 32.1 Å². The number of unbranched alkanes of at least 4 members (excludes halogenated alkanes) is 6. The highest BCUT2D eigenvalue weighted by molar-refractivity contribution is 5.69. The zero-order valence-electron chi connectivity index (χ0n) is 22.0. The fourth-order valence-electron chi connectivity index (χ4n) is 4.14. The topological polar surface area (TPSA) is 115 Å². The lowest BCUT2D eigenvalue weighted by atomic mass is 10.0. The van der Waals surface area contributed by atoms with E-state index in [4.69, 9.17) is 0 Å². The molecule has 0 aromatic carbocycles. The van der Waals surface area contributed by atoms with E-state index in [1.54, 1.807) is 20.8 Å². The SMILES string of the molecule is CC/C=C/CCCCCCCC[N+](CCC(C)C(=O)[O-])(CCC(C)C(=O)O)CCC(C)C(=O)O. The zero-order chi connectivity index (χ0) is 26.0. The lowest BCUT2D eigenvalue weighted by Crippen LogP contribution is -2.52. The number of quaternary nitrogens is 1. The van der Waals surface area contributed by atoms with Crippen molar-refractivity contribution in [1.29, 1.82) is 0 Å². The van der Waals surface area contributed by atoms with Crippen molar-refractivity contribution in [3.8, 4) is 0 Å². The van der Waals surface area contributed by atoms with E-state index in [1.165, 1.54) is 19.3 Å². The highest BCUT2D eigenvalue weighted by Crippen LogP contribution is 2.21. The van der Waals surface area contributed by atoms with Gasteiger partial charge in [0.15, 0.2) is 0 Å². The molecule has 198 valence electrons. The number of carbonyl (C=O) groups excluding carboxylic acids is 1. The molecule has 0 bridgehead atoms. The summed E-state index contributed by atoms with van der Waals surface area (Å²) in [4.78, 5) is 34.1. The van der Waals surface area contributed by atoms with Crippen LogP contribution in [0, 0.1) is 17.8 Å². The van der Waals surface area contributed by atoms with Crippen LogP contribution in [0.4, 0.5) is 0 Å². The quantitative estimate of drug-likeness (QED) is 0.133. The van der Waals surface area contributed by atoms with Crippen molar-refractivity contribution in [3.05, 3.63) is 12.2 Å². The standard InChI is InChI=1S/C27H49NO6/c1-5-6-7-8-9-10-11-12-13-14-18-28(19-15-22(2)25(29)30,20-16-23(3)26(31)32)21-17-24(4)27(33)34/h6-7,22-24H,5,8-21H2,1-4H3,(H2-,29,30,31,32,33,34)/b7-6+. The molecule has 3 unspecified atom stereocenters. The molecule has 0 aromatic heterocycles. The van der Waals surface area contributed by atoms with Gasteiger partial charge in [0.05, 0.1) is 38.0 Å². The summed E-state index contributed by atoms with van der Waals surface area (Å²) >= 11 is 0. The van der Waals surface area contributed by atoms with Crippen molar-refractivity contribution in [2.24, 2.45) is 17.8 Å². The first-order valence-corrected chi connectivity index (χ1v) is 13.2. The Morgan fingerprint density at radius 1 is 0.706 bits per heavy atom. The molecule has 0 amide bonds. The summed E-state index contributed by atoms with van der Waals surface area (Å²) in [5, 5.41) is 30.0. The van der Waals surface area contributed by atoms with Gasteiger partial charge in [-0.15, -0.1) is 0 Å². The Bertz CT molecular complexity index is 558. The van der Waals surface area contributed by atoms with Crippen LogP contribution in [-0.2, 0) is 14.4 Å². The Morgan fingerprint density at radius 2 is 1.15 bits per heavy atom. The van der Waals surface area contributed by atoms with E-state index in [9.17, 15) is 29.7 Å². The summed E-state index contributed by atoms with van der Waals surface area (Å²) in [6.45, 7) is 9.80. The predicted molar refractivity (Wildman–Crippen MR) is 133 cm³/mol. The van der Waals surface area contributed by atoms with E-state index in [-0.39, 0.29) is 0 Å². The number of carboxylic acid groups (broad SMARTS) is 3. The van der Waals surface area contributed by atoms with Crippen molar-refractivity contribution < 1.29 is 34.2 Å². The molecule has 0 rings (SSSR count). The van der Waals surface area contributed by atoms with Crippen LogP contribution in [0.5, 0.6) is 0 Å². The Kier molecular flexibility index (Phi) is 17.4. The van der Waals surface area contributed by atoms with Crippen LogP contribution in [0.2, 0.25) is 0 Å². The molecule has 0 saturated carbocycles. The second-order valence-corrected chi connectivity index (χ2v) is 10.1. The summed E-state index contributed by atoms with van der Waals surface area (Å²) in [5.74, 6) is -4.33. The molecule has 3 atom stereocenters. The maximum atomic E-state index is 11.4. The van der Waals surface area contributed by atoms with Crippen molar-refractivity contribution in [3.63, 3.8) is 0 Å². The van der Waals surface area contributed by atoms with E-state index in [0.717, 1.165) is 38.6 Å². The summed E-state index contributed by atoms with van der Waals surface area (Å²) in [6, 6.07) is 0. The number of nitrogens with zero attached hydrogens (tertiary/aromatic N) is 1. The number of hydrogen-bond acceptors (Lipinski definition) is 4.